The minimum absolute atomic E-state index is 0.0359. The minimum Gasteiger partial charge on any atom is -0.506 e. The molecule has 21 heavy (non-hydrogen) atoms. The van der Waals surface area contributed by atoms with Crippen molar-refractivity contribution < 1.29 is 9.84 Å². The third-order valence-electron chi connectivity index (χ3n) is 3.01. The maximum absolute atomic E-state index is 9.91. The number of pyridine rings is 1. The van der Waals surface area contributed by atoms with Crippen molar-refractivity contribution >= 4 is 23.5 Å². The number of phenolic OH excluding ortho intramolecular Hbond substituents is 1. The number of rotatable bonds is 4. The Hall–Kier alpha value is -2.27. The van der Waals surface area contributed by atoms with E-state index in [2.05, 4.69) is 15.5 Å². The van der Waals surface area contributed by atoms with Crippen LogP contribution in [0.2, 0.25) is 5.02 Å². The molecule has 0 aliphatic carbocycles. The van der Waals surface area contributed by atoms with E-state index in [1.165, 1.54) is 13.3 Å². The second-order valence-corrected chi connectivity index (χ2v) is 4.97. The number of ether oxygens (including phenoxy) is 1. The summed E-state index contributed by atoms with van der Waals surface area (Å²) in [4.78, 5) is 4.09. The zero-order valence-corrected chi connectivity index (χ0v) is 12.8. The molecule has 0 unspecified atom stereocenters. The Morgan fingerprint density at radius 2 is 1.95 bits per heavy atom. The second kappa shape index (κ2) is 6.45. The number of hydrazone groups is 1. The van der Waals surface area contributed by atoms with Crippen molar-refractivity contribution in [1.29, 1.82) is 0 Å². The Bertz CT molecular complexity index is 667. The SMILES string of the molecule is COc1cc(Cl)c(O)c(/C=N/Nc2c(C)cncc2C)c1. The molecule has 110 valence electrons. The average molecular weight is 306 g/mol. The standard InChI is InChI=1S/C15H16ClN3O2/c1-9-6-17-7-10(2)14(9)19-18-8-11-4-12(21-3)5-13(16)15(11)20/h4-8,20H,1-3H3,(H,17,19)/b18-8+. The van der Waals surface area contributed by atoms with E-state index in [1.54, 1.807) is 24.5 Å². The van der Waals surface area contributed by atoms with Gasteiger partial charge in [-0.25, -0.2) is 0 Å². The lowest BCUT2D eigenvalue weighted by Crippen LogP contribution is -1.97. The molecule has 2 rings (SSSR count). The molecule has 1 heterocycles. The Balaban J connectivity index is 2.24. The molecule has 0 spiro atoms. The van der Waals surface area contributed by atoms with E-state index < -0.39 is 0 Å². The summed E-state index contributed by atoms with van der Waals surface area (Å²) in [5, 5.41) is 14.3. The molecule has 1 aromatic heterocycles. The van der Waals surface area contributed by atoms with Crippen LogP contribution in [0.1, 0.15) is 16.7 Å². The molecular weight excluding hydrogens is 290 g/mol. The van der Waals surface area contributed by atoms with Crippen molar-refractivity contribution in [2.24, 2.45) is 5.10 Å². The van der Waals surface area contributed by atoms with Crippen LogP contribution < -0.4 is 10.2 Å². The number of methoxy groups -OCH3 is 1. The zero-order valence-electron chi connectivity index (χ0n) is 12.0. The van der Waals surface area contributed by atoms with Gasteiger partial charge in [-0.05, 0) is 31.0 Å². The molecule has 0 amide bonds. The van der Waals surface area contributed by atoms with E-state index in [4.69, 9.17) is 16.3 Å². The summed E-state index contributed by atoms with van der Waals surface area (Å²) >= 11 is 5.92. The third-order valence-corrected chi connectivity index (χ3v) is 3.30. The number of aromatic hydroxyl groups is 1. The smallest absolute Gasteiger partial charge is 0.143 e. The average Bonchev–Trinajstić information content (AvgIpc) is 2.46. The molecule has 0 atom stereocenters. The van der Waals surface area contributed by atoms with Crippen LogP contribution in [0.25, 0.3) is 0 Å². The molecular formula is C15H16ClN3O2. The van der Waals surface area contributed by atoms with Gasteiger partial charge in [-0.15, -0.1) is 0 Å². The number of phenols is 1. The number of aromatic nitrogens is 1. The van der Waals surface area contributed by atoms with Gasteiger partial charge in [0.1, 0.15) is 11.5 Å². The molecule has 5 nitrogen and oxygen atoms in total. The number of benzene rings is 1. The number of hydrogen-bond donors (Lipinski definition) is 2. The first-order valence-corrected chi connectivity index (χ1v) is 6.67. The van der Waals surface area contributed by atoms with E-state index in [0.717, 1.165) is 16.8 Å². The minimum atomic E-state index is -0.0359. The van der Waals surface area contributed by atoms with Gasteiger partial charge in [0.2, 0.25) is 0 Å². The molecule has 0 bridgehead atoms. The molecule has 1 aromatic carbocycles. The highest BCUT2D eigenvalue weighted by atomic mass is 35.5. The van der Waals surface area contributed by atoms with Crippen molar-refractivity contribution in [3.8, 4) is 11.5 Å². The van der Waals surface area contributed by atoms with Gasteiger partial charge in [0.05, 0.1) is 24.0 Å². The fraction of sp³-hybridized carbons (Fsp3) is 0.200. The summed E-state index contributed by atoms with van der Waals surface area (Å²) in [6, 6.07) is 3.19. The molecule has 0 aliphatic heterocycles. The van der Waals surface area contributed by atoms with Gasteiger partial charge in [-0.2, -0.15) is 5.10 Å². The maximum Gasteiger partial charge on any atom is 0.143 e. The van der Waals surface area contributed by atoms with Crippen molar-refractivity contribution in [1.82, 2.24) is 4.98 Å². The van der Waals surface area contributed by atoms with Crippen LogP contribution in [0.3, 0.4) is 0 Å². The monoisotopic (exact) mass is 305 g/mol. The first kappa shape index (κ1) is 15.1. The largest absolute Gasteiger partial charge is 0.506 e. The number of nitrogens with one attached hydrogen (secondary N) is 1. The van der Waals surface area contributed by atoms with E-state index in [-0.39, 0.29) is 10.8 Å². The Morgan fingerprint density at radius 1 is 1.29 bits per heavy atom. The lowest BCUT2D eigenvalue weighted by molar-refractivity contribution is 0.412. The first-order valence-electron chi connectivity index (χ1n) is 6.29. The van der Waals surface area contributed by atoms with Gasteiger partial charge in [-0.3, -0.25) is 10.4 Å². The van der Waals surface area contributed by atoms with Gasteiger partial charge in [-0.1, -0.05) is 11.6 Å². The Morgan fingerprint density at radius 3 is 2.57 bits per heavy atom. The maximum atomic E-state index is 9.91. The number of hydrogen-bond acceptors (Lipinski definition) is 5. The fourth-order valence-electron chi connectivity index (χ4n) is 1.85. The topological polar surface area (TPSA) is 66.7 Å². The molecule has 0 radical (unpaired) electrons. The Labute approximate surface area is 128 Å². The van der Waals surface area contributed by atoms with Crippen molar-refractivity contribution in [3.05, 3.63) is 46.2 Å². The summed E-state index contributed by atoms with van der Waals surface area (Å²) in [7, 11) is 1.53. The van der Waals surface area contributed by atoms with E-state index in [9.17, 15) is 5.11 Å². The van der Waals surface area contributed by atoms with Crippen molar-refractivity contribution in [3.63, 3.8) is 0 Å². The quantitative estimate of drug-likeness (QED) is 0.670. The van der Waals surface area contributed by atoms with Gasteiger partial charge in [0, 0.05) is 24.0 Å². The zero-order chi connectivity index (χ0) is 15.4. The molecule has 2 N–H and O–H groups in total. The van der Waals surface area contributed by atoms with E-state index in [1.807, 2.05) is 13.8 Å². The van der Waals surface area contributed by atoms with Gasteiger partial charge < -0.3 is 9.84 Å². The predicted molar refractivity (Wildman–Crippen MR) is 84.6 cm³/mol. The molecule has 0 saturated heterocycles. The van der Waals surface area contributed by atoms with E-state index >= 15 is 0 Å². The first-order chi connectivity index (χ1) is 10.0. The Kier molecular flexibility index (Phi) is 4.65. The highest BCUT2D eigenvalue weighted by molar-refractivity contribution is 6.32. The second-order valence-electron chi connectivity index (χ2n) is 4.57. The third kappa shape index (κ3) is 3.44. The van der Waals surface area contributed by atoms with Crippen LogP contribution in [-0.2, 0) is 0 Å². The molecule has 0 saturated carbocycles. The van der Waals surface area contributed by atoms with Crippen LogP contribution in [0, 0.1) is 13.8 Å². The van der Waals surface area contributed by atoms with Crippen LogP contribution in [-0.4, -0.2) is 23.4 Å². The molecule has 6 heteroatoms. The summed E-state index contributed by atoms with van der Waals surface area (Å²) in [5.74, 6) is 0.515. The van der Waals surface area contributed by atoms with Crippen LogP contribution in [0.5, 0.6) is 11.5 Å². The summed E-state index contributed by atoms with van der Waals surface area (Å²) < 4.78 is 5.11. The van der Waals surface area contributed by atoms with E-state index in [0.29, 0.717) is 11.3 Å². The number of aryl methyl sites for hydroxylation is 2. The van der Waals surface area contributed by atoms with Gasteiger partial charge in [0.25, 0.3) is 0 Å². The van der Waals surface area contributed by atoms with Gasteiger partial charge >= 0.3 is 0 Å². The number of nitrogens with zero attached hydrogens (tertiary/aromatic N) is 2. The van der Waals surface area contributed by atoms with Crippen molar-refractivity contribution in [2.45, 2.75) is 13.8 Å². The summed E-state index contributed by atoms with van der Waals surface area (Å²) in [6.07, 6.45) is 5.00. The summed E-state index contributed by atoms with van der Waals surface area (Å²) in [6.45, 7) is 3.88. The van der Waals surface area contributed by atoms with Gasteiger partial charge in [0.15, 0.2) is 0 Å². The molecule has 2 aromatic rings. The highest BCUT2D eigenvalue weighted by Crippen LogP contribution is 2.31. The van der Waals surface area contributed by atoms with Crippen LogP contribution >= 0.6 is 11.6 Å². The lowest BCUT2D eigenvalue weighted by atomic mass is 10.2. The van der Waals surface area contributed by atoms with Crippen molar-refractivity contribution in [2.75, 3.05) is 12.5 Å². The molecule has 0 fully saturated rings. The highest BCUT2D eigenvalue weighted by Gasteiger charge is 2.07. The van der Waals surface area contributed by atoms with Crippen LogP contribution in [0.4, 0.5) is 5.69 Å². The lowest BCUT2D eigenvalue weighted by Gasteiger charge is -2.08. The fourth-order valence-corrected chi connectivity index (χ4v) is 2.07. The predicted octanol–water partition coefficient (Wildman–Crippen LogP) is 3.51. The normalized spacial score (nSPS) is 10.9. The molecule has 0 aliphatic rings. The summed E-state index contributed by atoms with van der Waals surface area (Å²) in [5.41, 5.74) is 6.27. The number of anilines is 1. The number of halogens is 1. The van der Waals surface area contributed by atoms with Crippen LogP contribution in [0.15, 0.2) is 29.6 Å².